The zero-order chi connectivity index (χ0) is 7.82. The van der Waals surface area contributed by atoms with Gasteiger partial charge in [0.05, 0.1) is 6.07 Å². The van der Waals surface area contributed by atoms with Gasteiger partial charge < -0.3 is 4.98 Å². The van der Waals surface area contributed by atoms with Gasteiger partial charge in [-0.3, -0.25) is 0 Å². The third-order valence-corrected chi connectivity index (χ3v) is 0.724. The largest absolute Gasteiger partial charge is 1.00 e. The molecule has 0 spiro atoms. The molecule has 1 aromatic rings. The quantitative estimate of drug-likeness (QED) is 0.363. The van der Waals surface area contributed by atoms with E-state index in [0.29, 0.717) is 5.69 Å². The Hall–Kier alpha value is 0.276. The van der Waals surface area contributed by atoms with Gasteiger partial charge in [-0.25, -0.2) is 5.26 Å². The minimum absolute atomic E-state index is 0. The Bertz CT molecular complexity index is 203. The van der Waals surface area contributed by atoms with Crippen molar-refractivity contribution in [1.29, 1.82) is 5.26 Å². The van der Waals surface area contributed by atoms with Crippen LogP contribution in [-0.2, 0) is 0 Å². The normalized spacial score (nSPS) is 6.27. The van der Waals surface area contributed by atoms with E-state index in [4.69, 9.17) is 5.26 Å². The Morgan fingerprint density at radius 3 is 2.45 bits per heavy atom. The smallest absolute Gasteiger partial charge is 0.377 e. The van der Waals surface area contributed by atoms with Crippen LogP contribution in [0.4, 0.5) is 0 Å². The zero-order valence-electron chi connectivity index (χ0n) is 7.13. The predicted octanol–water partition coefficient (Wildman–Crippen LogP) is -1.22. The standard InChI is InChI=1S/C6H3N2.C2H6.K/c7-5-6-3-1-2-4-8-6;1-2;/h1-3H;1-2H3;/q-1;;+1. The van der Waals surface area contributed by atoms with E-state index in [9.17, 15) is 0 Å². The van der Waals surface area contributed by atoms with E-state index in [0.717, 1.165) is 0 Å². The molecule has 0 saturated heterocycles. The third kappa shape index (κ3) is 6.67. The van der Waals surface area contributed by atoms with Gasteiger partial charge in [-0.2, -0.15) is 12.1 Å². The van der Waals surface area contributed by atoms with Crippen LogP contribution in [0.1, 0.15) is 19.5 Å². The Labute approximate surface area is 110 Å². The van der Waals surface area contributed by atoms with Crippen molar-refractivity contribution < 1.29 is 51.4 Å². The van der Waals surface area contributed by atoms with Crippen LogP contribution in [0.5, 0.6) is 0 Å². The van der Waals surface area contributed by atoms with Gasteiger partial charge in [0.2, 0.25) is 0 Å². The topological polar surface area (TPSA) is 36.7 Å². The van der Waals surface area contributed by atoms with Crippen LogP contribution in [0.25, 0.3) is 0 Å². The van der Waals surface area contributed by atoms with Crippen LogP contribution in [0.3, 0.4) is 0 Å². The summed E-state index contributed by atoms with van der Waals surface area (Å²) in [6.45, 7) is 4.00. The summed E-state index contributed by atoms with van der Waals surface area (Å²) >= 11 is 0. The summed E-state index contributed by atoms with van der Waals surface area (Å²) in [4.78, 5) is 3.61. The van der Waals surface area contributed by atoms with E-state index in [1.807, 2.05) is 19.9 Å². The van der Waals surface area contributed by atoms with Gasteiger partial charge in [0.15, 0.2) is 0 Å². The van der Waals surface area contributed by atoms with Crippen LogP contribution in [0, 0.1) is 17.5 Å². The van der Waals surface area contributed by atoms with Gasteiger partial charge in [-0.05, 0) is 0 Å². The molecular formula is C8H9KN2. The monoisotopic (exact) mass is 172 g/mol. The maximum absolute atomic E-state index is 8.21. The van der Waals surface area contributed by atoms with Gasteiger partial charge in [-0.15, -0.1) is 6.07 Å². The molecule has 0 fully saturated rings. The van der Waals surface area contributed by atoms with E-state index in [-0.39, 0.29) is 51.4 Å². The molecule has 0 atom stereocenters. The summed E-state index contributed by atoms with van der Waals surface area (Å²) < 4.78 is 0. The van der Waals surface area contributed by atoms with Crippen molar-refractivity contribution in [2.24, 2.45) is 0 Å². The van der Waals surface area contributed by atoms with Crippen LogP contribution in [0.2, 0.25) is 0 Å². The number of nitrogens with zero attached hydrogens (tertiary/aromatic N) is 2. The average molecular weight is 172 g/mol. The van der Waals surface area contributed by atoms with Crippen molar-refractivity contribution in [3.63, 3.8) is 0 Å². The molecule has 0 aromatic carbocycles. The Balaban J connectivity index is 0. The minimum Gasteiger partial charge on any atom is -0.377 e. The van der Waals surface area contributed by atoms with E-state index in [1.165, 1.54) is 0 Å². The van der Waals surface area contributed by atoms with Gasteiger partial charge in [0.25, 0.3) is 0 Å². The number of pyridine rings is 1. The molecule has 0 N–H and O–H groups in total. The molecule has 11 heavy (non-hydrogen) atoms. The van der Waals surface area contributed by atoms with Gasteiger partial charge >= 0.3 is 51.4 Å². The molecular weight excluding hydrogens is 163 g/mol. The zero-order valence-corrected chi connectivity index (χ0v) is 10.2. The molecule has 0 aliphatic heterocycles. The number of aromatic nitrogens is 1. The average Bonchev–Trinajstić information content (AvgIpc) is 2.10. The van der Waals surface area contributed by atoms with E-state index < -0.39 is 0 Å². The predicted molar refractivity (Wildman–Crippen MR) is 39.1 cm³/mol. The molecule has 2 nitrogen and oxygen atoms in total. The fraction of sp³-hybridized carbons (Fsp3) is 0.250. The molecule has 0 unspecified atom stereocenters. The van der Waals surface area contributed by atoms with Crippen molar-refractivity contribution in [2.45, 2.75) is 13.8 Å². The first-order valence-electron chi connectivity index (χ1n) is 3.16. The molecule has 52 valence electrons. The molecule has 0 radical (unpaired) electrons. The fourth-order valence-corrected chi connectivity index (χ4v) is 0.389. The second-order valence-electron chi connectivity index (χ2n) is 1.26. The first kappa shape index (κ1) is 13.8. The van der Waals surface area contributed by atoms with Crippen molar-refractivity contribution >= 4 is 0 Å². The summed E-state index contributed by atoms with van der Waals surface area (Å²) in [5.74, 6) is 0. The molecule has 0 aliphatic carbocycles. The van der Waals surface area contributed by atoms with Crippen molar-refractivity contribution in [2.75, 3.05) is 0 Å². The number of hydrogen-bond acceptors (Lipinski definition) is 2. The van der Waals surface area contributed by atoms with Crippen LogP contribution >= 0.6 is 0 Å². The molecule has 1 aromatic heterocycles. The van der Waals surface area contributed by atoms with E-state index in [2.05, 4.69) is 11.2 Å². The van der Waals surface area contributed by atoms with Gasteiger partial charge in [0.1, 0.15) is 0 Å². The van der Waals surface area contributed by atoms with E-state index in [1.54, 1.807) is 18.2 Å². The minimum atomic E-state index is 0. The van der Waals surface area contributed by atoms with Crippen LogP contribution in [-0.4, -0.2) is 4.98 Å². The SMILES string of the molecule is CC.N#Cc1ccc[c-]n1.[K+]. The summed E-state index contributed by atoms with van der Waals surface area (Å²) in [7, 11) is 0. The van der Waals surface area contributed by atoms with Crippen LogP contribution in [0.15, 0.2) is 18.2 Å². The molecule has 3 heteroatoms. The van der Waals surface area contributed by atoms with Gasteiger partial charge in [0, 0.05) is 5.69 Å². The summed E-state index contributed by atoms with van der Waals surface area (Å²) in [6, 6.07) is 6.90. The first-order chi connectivity index (χ1) is 4.93. The maximum Gasteiger partial charge on any atom is 1.00 e. The second kappa shape index (κ2) is 10.3. The van der Waals surface area contributed by atoms with Crippen molar-refractivity contribution in [3.8, 4) is 6.07 Å². The van der Waals surface area contributed by atoms with Crippen molar-refractivity contribution in [3.05, 3.63) is 30.1 Å². The Morgan fingerprint density at radius 2 is 2.18 bits per heavy atom. The molecule has 0 aliphatic rings. The molecule has 0 saturated carbocycles. The summed E-state index contributed by atoms with van der Waals surface area (Å²) in [5, 5.41) is 8.21. The molecule has 1 heterocycles. The van der Waals surface area contributed by atoms with E-state index >= 15 is 0 Å². The molecule has 0 amide bonds. The van der Waals surface area contributed by atoms with Crippen LogP contribution < -0.4 is 51.4 Å². The Morgan fingerprint density at radius 1 is 1.55 bits per heavy atom. The third-order valence-electron chi connectivity index (χ3n) is 0.724. The molecule has 1 rings (SSSR count). The number of hydrogen-bond donors (Lipinski definition) is 0. The maximum atomic E-state index is 8.21. The Kier molecular flexibility index (Phi) is 12.9. The van der Waals surface area contributed by atoms with Crippen molar-refractivity contribution in [1.82, 2.24) is 4.98 Å². The fourth-order valence-electron chi connectivity index (χ4n) is 0.389. The second-order valence-corrected chi connectivity index (χ2v) is 1.26. The summed E-state index contributed by atoms with van der Waals surface area (Å²) in [5.41, 5.74) is 0.410. The molecule has 0 bridgehead atoms. The number of nitriles is 1. The summed E-state index contributed by atoms with van der Waals surface area (Å²) in [6.07, 6.45) is 2.54. The number of rotatable bonds is 0. The first-order valence-corrected chi connectivity index (χ1v) is 3.16. The van der Waals surface area contributed by atoms with Gasteiger partial charge in [-0.1, -0.05) is 20.0 Å².